The van der Waals surface area contributed by atoms with Crippen LogP contribution in [0, 0.1) is 6.92 Å². The summed E-state index contributed by atoms with van der Waals surface area (Å²) in [6.45, 7) is 5.43. The molecule has 0 aliphatic rings. The summed E-state index contributed by atoms with van der Waals surface area (Å²) in [6, 6.07) is 7.17. The van der Waals surface area contributed by atoms with Crippen molar-refractivity contribution in [2.45, 2.75) is 32.7 Å². The smallest absolute Gasteiger partial charge is 0.331 e. The van der Waals surface area contributed by atoms with Gasteiger partial charge in [-0.25, -0.2) is 9.78 Å². The number of thiazole rings is 1. The van der Waals surface area contributed by atoms with Crippen LogP contribution in [0.3, 0.4) is 0 Å². The van der Waals surface area contributed by atoms with Gasteiger partial charge in [0.25, 0.3) is 5.91 Å². The van der Waals surface area contributed by atoms with Crippen molar-refractivity contribution in [3.8, 4) is 10.6 Å². The summed E-state index contributed by atoms with van der Waals surface area (Å²) >= 11 is 1.56. The second-order valence-corrected chi connectivity index (χ2v) is 6.36. The van der Waals surface area contributed by atoms with E-state index < -0.39 is 11.5 Å². The number of methoxy groups -OCH3 is 1. The van der Waals surface area contributed by atoms with Gasteiger partial charge in [-0.05, 0) is 32.4 Å². The lowest BCUT2D eigenvalue weighted by Crippen LogP contribution is -2.52. The highest BCUT2D eigenvalue weighted by Gasteiger charge is 2.34. The Kier molecular flexibility index (Phi) is 5.15. The molecular formula is C17H20N2O3S. The summed E-state index contributed by atoms with van der Waals surface area (Å²) in [5.74, 6) is -0.759. The number of aromatic nitrogens is 1. The number of carbonyl (C=O) groups excluding carboxylic acids is 2. The Balaban J connectivity index is 2.15. The molecule has 0 fully saturated rings. The molecule has 5 nitrogen and oxygen atoms in total. The number of nitrogens with zero attached hydrogens (tertiary/aromatic N) is 1. The SMILES string of the molecule is CCC(C)(NC(=O)c1ccc(-c2nc(C)cs2)cc1)C(=O)OC. The third-order valence-electron chi connectivity index (χ3n) is 3.75. The van der Waals surface area contributed by atoms with Gasteiger partial charge >= 0.3 is 5.97 Å². The third-order valence-corrected chi connectivity index (χ3v) is 4.75. The van der Waals surface area contributed by atoms with Gasteiger partial charge in [-0.15, -0.1) is 11.3 Å². The van der Waals surface area contributed by atoms with Gasteiger partial charge in [0.2, 0.25) is 0 Å². The minimum Gasteiger partial charge on any atom is -0.467 e. The molecule has 2 rings (SSSR count). The summed E-state index contributed by atoms with van der Waals surface area (Å²) in [5.41, 5.74) is 1.40. The van der Waals surface area contributed by atoms with Gasteiger partial charge in [-0.1, -0.05) is 19.1 Å². The molecule has 2 aromatic rings. The van der Waals surface area contributed by atoms with Crippen molar-refractivity contribution >= 4 is 23.2 Å². The molecule has 1 heterocycles. The van der Waals surface area contributed by atoms with Crippen molar-refractivity contribution in [1.82, 2.24) is 10.3 Å². The molecule has 1 unspecified atom stereocenters. The van der Waals surface area contributed by atoms with Crippen LogP contribution >= 0.6 is 11.3 Å². The number of hydrogen-bond donors (Lipinski definition) is 1. The Morgan fingerprint density at radius 1 is 1.30 bits per heavy atom. The number of rotatable bonds is 5. The van der Waals surface area contributed by atoms with E-state index in [1.54, 1.807) is 30.4 Å². The predicted molar refractivity (Wildman–Crippen MR) is 90.5 cm³/mol. The Bertz CT molecular complexity index is 709. The predicted octanol–water partition coefficient (Wildman–Crippen LogP) is 3.19. The Hall–Kier alpha value is -2.21. The summed E-state index contributed by atoms with van der Waals surface area (Å²) in [6.07, 6.45) is 0.446. The second-order valence-electron chi connectivity index (χ2n) is 5.50. The molecule has 122 valence electrons. The number of amides is 1. The largest absolute Gasteiger partial charge is 0.467 e. The quantitative estimate of drug-likeness (QED) is 0.854. The van der Waals surface area contributed by atoms with Gasteiger partial charge in [0.05, 0.1) is 7.11 Å². The number of nitrogens with one attached hydrogen (secondary N) is 1. The molecule has 0 aliphatic heterocycles. The lowest BCUT2D eigenvalue weighted by atomic mass is 9.98. The van der Waals surface area contributed by atoms with Gasteiger partial charge in [-0.2, -0.15) is 0 Å². The summed E-state index contributed by atoms with van der Waals surface area (Å²) in [4.78, 5) is 28.6. The maximum Gasteiger partial charge on any atom is 0.331 e. The Morgan fingerprint density at radius 3 is 2.43 bits per heavy atom. The molecule has 0 bridgehead atoms. The van der Waals surface area contributed by atoms with Crippen LogP contribution in [0.4, 0.5) is 0 Å². The standard InChI is InChI=1S/C17H20N2O3S/c1-5-17(3,16(21)22-4)19-14(20)12-6-8-13(9-7-12)15-18-11(2)10-23-15/h6-10H,5H2,1-4H3,(H,19,20). The number of aryl methyl sites for hydroxylation is 1. The van der Waals surface area contributed by atoms with Gasteiger partial charge in [0.1, 0.15) is 10.5 Å². The van der Waals surface area contributed by atoms with E-state index in [1.807, 2.05) is 31.4 Å². The van der Waals surface area contributed by atoms with Gasteiger partial charge < -0.3 is 10.1 Å². The molecule has 1 amide bonds. The average Bonchev–Trinajstić information content (AvgIpc) is 3.00. The fourth-order valence-electron chi connectivity index (χ4n) is 2.08. The number of carbonyl (C=O) groups is 2. The zero-order valence-corrected chi connectivity index (χ0v) is 14.5. The maximum atomic E-state index is 12.4. The molecular weight excluding hydrogens is 312 g/mol. The number of hydrogen-bond acceptors (Lipinski definition) is 5. The van der Waals surface area contributed by atoms with E-state index in [0.29, 0.717) is 12.0 Å². The molecule has 23 heavy (non-hydrogen) atoms. The summed E-state index contributed by atoms with van der Waals surface area (Å²) in [5, 5.41) is 5.65. The van der Waals surface area contributed by atoms with Gasteiger partial charge in [0, 0.05) is 22.2 Å². The van der Waals surface area contributed by atoms with E-state index in [0.717, 1.165) is 16.3 Å². The number of esters is 1. The normalized spacial score (nSPS) is 13.2. The molecule has 0 spiro atoms. The van der Waals surface area contributed by atoms with Crippen LogP contribution in [0.1, 0.15) is 36.3 Å². The van der Waals surface area contributed by atoms with Crippen LogP contribution in [0.15, 0.2) is 29.6 Å². The van der Waals surface area contributed by atoms with Crippen molar-refractivity contribution in [1.29, 1.82) is 0 Å². The Labute approximate surface area is 139 Å². The first kappa shape index (κ1) is 17.1. The van der Waals surface area contributed by atoms with E-state index in [-0.39, 0.29) is 5.91 Å². The maximum absolute atomic E-state index is 12.4. The Morgan fingerprint density at radius 2 is 1.96 bits per heavy atom. The molecule has 0 aliphatic carbocycles. The molecule has 1 aromatic carbocycles. The fraction of sp³-hybridized carbons (Fsp3) is 0.353. The van der Waals surface area contributed by atoms with Crippen molar-refractivity contribution in [2.24, 2.45) is 0 Å². The molecule has 0 radical (unpaired) electrons. The topological polar surface area (TPSA) is 68.3 Å². The van der Waals surface area contributed by atoms with Crippen LogP contribution in [-0.2, 0) is 9.53 Å². The minimum absolute atomic E-state index is 0.304. The van der Waals surface area contributed by atoms with Crippen LogP contribution in [0.2, 0.25) is 0 Å². The second kappa shape index (κ2) is 6.91. The van der Waals surface area contributed by atoms with Crippen molar-refractivity contribution in [3.63, 3.8) is 0 Å². The molecule has 1 atom stereocenters. The van der Waals surface area contributed by atoms with E-state index in [4.69, 9.17) is 4.74 Å². The molecule has 1 N–H and O–H groups in total. The highest BCUT2D eigenvalue weighted by atomic mass is 32.1. The number of benzene rings is 1. The first-order valence-electron chi connectivity index (χ1n) is 7.33. The highest BCUT2D eigenvalue weighted by molar-refractivity contribution is 7.13. The molecule has 0 saturated carbocycles. The van der Waals surface area contributed by atoms with Crippen LogP contribution in [0.5, 0.6) is 0 Å². The first-order valence-corrected chi connectivity index (χ1v) is 8.21. The van der Waals surface area contributed by atoms with Crippen molar-refractivity contribution in [3.05, 3.63) is 40.9 Å². The van der Waals surface area contributed by atoms with E-state index in [1.165, 1.54) is 7.11 Å². The van der Waals surface area contributed by atoms with Crippen LogP contribution < -0.4 is 5.32 Å². The molecule has 1 aromatic heterocycles. The summed E-state index contributed by atoms with van der Waals surface area (Å²) < 4.78 is 4.76. The minimum atomic E-state index is -1.03. The number of ether oxygens (including phenoxy) is 1. The molecule has 0 saturated heterocycles. The van der Waals surface area contributed by atoms with Crippen LogP contribution in [0.25, 0.3) is 10.6 Å². The monoisotopic (exact) mass is 332 g/mol. The average molecular weight is 332 g/mol. The zero-order valence-electron chi connectivity index (χ0n) is 13.7. The third kappa shape index (κ3) is 3.76. The van der Waals surface area contributed by atoms with Gasteiger partial charge in [-0.3, -0.25) is 4.79 Å². The highest BCUT2D eigenvalue weighted by Crippen LogP contribution is 2.24. The zero-order chi connectivity index (χ0) is 17.0. The van der Waals surface area contributed by atoms with Crippen molar-refractivity contribution in [2.75, 3.05) is 7.11 Å². The molecule has 6 heteroatoms. The van der Waals surface area contributed by atoms with Gasteiger partial charge in [0.15, 0.2) is 0 Å². The first-order chi connectivity index (χ1) is 10.9. The lowest BCUT2D eigenvalue weighted by Gasteiger charge is -2.26. The fourth-order valence-corrected chi connectivity index (χ4v) is 2.89. The van der Waals surface area contributed by atoms with E-state index >= 15 is 0 Å². The summed E-state index contributed by atoms with van der Waals surface area (Å²) in [7, 11) is 1.31. The van der Waals surface area contributed by atoms with E-state index in [9.17, 15) is 9.59 Å². The lowest BCUT2D eigenvalue weighted by molar-refractivity contribution is -0.147. The van der Waals surface area contributed by atoms with E-state index in [2.05, 4.69) is 10.3 Å². The van der Waals surface area contributed by atoms with Crippen molar-refractivity contribution < 1.29 is 14.3 Å². The van der Waals surface area contributed by atoms with Crippen LogP contribution in [-0.4, -0.2) is 29.5 Å².